The number of rotatable bonds is 18. The molecule has 0 bridgehead atoms. The van der Waals surface area contributed by atoms with Crippen molar-refractivity contribution >= 4 is 29.4 Å². The van der Waals surface area contributed by atoms with Gasteiger partial charge < -0.3 is 30.0 Å². The number of methoxy groups -OCH3 is 1. The van der Waals surface area contributed by atoms with E-state index in [0.717, 1.165) is 25.0 Å². The van der Waals surface area contributed by atoms with E-state index in [-0.39, 0.29) is 35.5 Å². The minimum atomic E-state index is -1.32. The lowest BCUT2D eigenvalue weighted by Gasteiger charge is -2.16. The quantitative estimate of drug-likeness (QED) is 0.0565. The minimum Gasteiger partial charge on any atom is -0.494 e. The Bertz CT molecular complexity index is 1790. The van der Waals surface area contributed by atoms with Crippen molar-refractivity contribution in [2.24, 2.45) is 0 Å². The molecule has 4 aromatic carbocycles. The maximum Gasteiger partial charge on any atom is 0.343 e. The highest BCUT2D eigenvalue weighted by Crippen LogP contribution is 2.30. The molecule has 4 aromatic rings. The van der Waals surface area contributed by atoms with Crippen LogP contribution in [0.4, 0.5) is 14.5 Å². The number of hydrogen-bond donors (Lipinski definition) is 3. The number of benzene rings is 4. The molecule has 1 unspecified atom stereocenters. The zero-order chi connectivity index (χ0) is 36.8. The number of carboxylic acid groups (broad SMARTS) is 1. The molecule has 0 aromatic heterocycles. The van der Waals surface area contributed by atoms with Crippen molar-refractivity contribution in [2.45, 2.75) is 57.9 Å². The van der Waals surface area contributed by atoms with Gasteiger partial charge >= 0.3 is 11.9 Å². The first kappa shape index (κ1) is 38.0. The Labute approximate surface area is 294 Å². The molecule has 4 rings (SSSR count). The highest BCUT2D eigenvalue weighted by molar-refractivity contribution is 5.98. The van der Waals surface area contributed by atoms with E-state index in [1.54, 1.807) is 30.3 Å². The zero-order valence-electron chi connectivity index (χ0n) is 28.4. The molecule has 3 N–H and O–H groups in total. The number of esters is 1. The predicted octanol–water partition coefficient (Wildman–Crippen LogP) is 7.15. The van der Waals surface area contributed by atoms with Gasteiger partial charge in [-0.25, -0.2) is 18.4 Å². The van der Waals surface area contributed by atoms with E-state index in [4.69, 9.17) is 14.2 Å². The van der Waals surface area contributed by atoms with Gasteiger partial charge in [-0.15, -0.1) is 0 Å². The Morgan fingerprint density at radius 2 is 1.43 bits per heavy atom. The topological polar surface area (TPSA) is 140 Å². The summed E-state index contributed by atoms with van der Waals surface area (Å²) in [5, 5.41) is 14.9. The lowest BCUT2D eigenvalue weighted by molar-refractivity contribution is -0.139. The number of carbonyl (C=O) groups excluding carboxylic acids is 3. The Hall–Kier alpha value is -5.78. The van der Waals surface area contributed by atoms with Crippen LogP contribution in [-0.2, 0) is 22.4 Å². The van der Waals surface area contributed by atoms with Crippen molar-refractivity contribution in [1.82, 2.24) is 5.32 Å². The van der Waals surface area contributed by atoms with Crippen molar-refractivity contribution in [3.05, 3.63) is 119 Å². The Morgan fingerprint density at radius 3 is 2.08 bits per heavy atom. The van der Waals surface area contributed by atoms with Gasteiger partial charge in [0.05, 0.1) is 25.7 Å². The van der Waals surface area contributed by atoms with Crippen LogP contribution in [-0.4, -0.2) is 48.6 Å². The number of unbranched alkanes of at least 4 members (excludes halogenated alkanes) is 4. The summed E-state index contributed by atoms with van der Waals surface area (Å²) in [6.45, 7) is 2.77. The van der Waals surface area contributed by atoms with E-state index in [1.165, 1.54) is 62.8 Å². The van der Waals surface area contributed by atoms with Crippen LogP contribution < -0.4 is 24.8 Å². The monoisotopic (exact) mass is 702 g/mol. The van der Waals surface area contributed by atoms with Crippen LogP contribution in [0, 0.1) is 11.6 Å². The Morgan fingerprint density at radius 1 is 0.765 bits per heavy atom. The van der Waals surface area contributed by atoms with Gasteiger partial charge in [-0.2, -0.15) is 0 Å². The SMILES string of the molecule is CCCCCCCOc1ccc(C(=O)Oc2ccc(CC(NC(=O)c3ccc(NC(=O)Cc4cc(F)cc(F)c4)cc3)C(=O)O)cc2OC)cc1. The van der Waals surface area contributed by atoms with E-state index in [0.29, 0.717) is 35.2 Å². The zero-order valence-corrected chi connectivity index (χ0v) is 28.4. The minimum absolute atomic E-state index is 0.111. The fourth-order valence-electron chi connectivity index (χ4n) is 5.15. The first-order chi connectivity index (χ1) is 24.5. The number of carbonyl (C=O) groups is 4. The molecule has 0 saturated heterocycles. The number of ether oxygens (including phenoxy) is 3. The first-order valence-electron chi connectivity index (χ1n) is 16.5. The first-order valence-corrected chi connectivity index (χ1v) is 16.5. The number of aliphatic carboxylic acids is 1. The smallest absolute Gasteiger partial charge is 0.343 e. The predicted molar refractivity (Wildman–Crippen MR) is 186 cm³/mol. The normalized spacial score (nSPS) is 11.3. The van der Waals surface area contributed by atoms with E-state index in [9.17, 15) is 33.1 Å². The molecule has 12 heteroatoms. The van der Waals surface area contributed by atoms with Gasteiger partial charge in [-0.05, 0) is 90.3 Å². The Balaban J connectivity index is 1.31. The van der Waals surface area contributed by atoms with Gasteiger partial charge in [-0.3, -0.25) is 9.59 Å². The van der Waals surface area contributed by atoms with E-state index >= 15 is 0 Å². The van der Waals surface area contributed by atoms with Gasteiger partial charge in [0.2, 0.25) is 5.91 Å². The second kappa shape index (κ2) is 18.8. The summed E-state index contributed by atoms with van der Waals surface area (Å²) in [6.07, 6.45) is 5.26. The molecule has 0 fully saturated rings. The number of nitrogens with one attached hydrogen (secondary N) is 2. The van der Waals surface area contributed by atoms with Crippen LogP contribution in [0.5, 0.6) is 17.2 Å². The summed E-state index contributed by atoms with van der Waals surface area (Å²) < 4.78 is 43.6. The fourth-order valence-corrected chi connectivity index (χ4v) is 5.15. The maximum atomic E-state index is 13.4. The van der Waals surface area contributed by atoms with E-state index in [2.05, 4.69) is 17.6 Å². The number of hydrogen-bond acceptors (Lipinski definition) is 7. The second-order valence-corrected chi connectivity index (χ2v) is 11.8. The second-order valence-electron chi connectivity index (χ2n) is 11.8. The van der Waals surface area contributed by atoms with Crippen LogP contribution in [0.2, 0.25) is 0 Å². The van der Waals surface area contributed by atoms with Gasteiger partial charge in [0.25, 0.3) is 5.91 Å². The summed E-state index contributed by atoms with van der Waals surface area (Å²) in [5.74, 6) is -3.70. The molecule has 51 heavy (non-hydrogen) atoms. The molecule has 0 spiro atoms. The molecule has 0 aliphatic carbocycles. The summed E-state index contributed by atoms with van der Waals surface area (Å²) in [4.78, 5) is 50.2. The molecular formula is C39H40F2N2O8. The van der Waals surface area contributed by atoms with Crippen molar-refractivity contribution in [3.8, 4) is 17.2 Å². The summed E-state index contributed by atoms with van der Waals surface area (Å²) in [6, 6.07) is 18.4. The van der Waals surface area contributed by atoms with Crippen LogP contribution in [0.25, 0.3) is 0 Å². The molecule has 0 radical (unpaired) electrons. The lowest BCUT2D eigenvalue weighted by atomic mass is 10.0. The number of amides is 2. The number of carboxylic acids is 1. The average molecular weight is 703 g/mol. The fraction of sp³-hybridized carbons (Fsp3) is 0.282. The molecule has 0 heterocycles. The largest absolute Gasteiger partial charge is 0.494 e. The maximum absolute atomic E-state index is 13.4. The average Bonchev–Trinajstić information content (AvgIpc) is 3.10. The van der Waals surface area contributed by atoms with Gasteiger partial charge in [0.1, 0.15) is 23.4 Å². The van der Waals surface area contributed by atoms with Crippen molar-refractivity contribution in [2.75, 3.05) is 19.0 Å². The molecule has 0 saturated carbocycles. The molecular weight excluding hydrogens is 662 g/mol. The van der Waals surface area contributed by atoms with Gasteiger partial charge in [0.15, 0.2) is 11.5 Å². The standard InChI is InChI=1S/C39H40F2N2O8/c1-3-4-5-6-7-18-50-32-15-11-28(12-16-32)39(48)51-34-17-8-25(22-35(34)49-2)21-33(38(46)47)43-37(45)27-9-13-31(14-10-27)42-36(44)23-26-19-29(40)24-30(41)20-26/h8-17,19-20,22,24,33H,3-7,18,21,23H2,1-2H3,(H,42,44)(H,43,45)(H,46,47). The molecule has 0 aliphatic heterocycles. The van der Waals surface area contributed by atoms with Crippen LogP contribution in [0.3, 0.4) is 0 Å². The van der Waals surface area contributed by atoms with Crippen LogP contribution in [0.15, 0.2) is 84.9 Å². The van der Waals surface area contributed by atoms with Gasteiger partial charge in [-0.1, -0.05) is 38.7 Å². The molecule has 1 atom stereocenters. The molecule has 2 amide bonds. The van der Waals surface area contributed by atoms with Crippen molar-refractivity contribution in [1.29, 1.82) is 0 Å². The number of anilines is 1. The van der Waals surface area contributed by atoms with Crippen molar-refractivity contribution < 1.29 is 47.3 Å². The summed E-state index contributed by atoms with van der Waals surface area (Å²) in [5.41, 5.74) is 1.41. The molecule has 268 valence electrons. The Kier molecular flexibility index (Phi) is 14.0. The van der Waals surface area contributed by atoms with Crippen LogP contribution in [0.1, 0.15) is 70.9 Å². The third kappa shape index (κ3) is 11.9. The third-order valence-electron chi connectivity index (χ3n) is 7.80. The highest BCUT2D eigenvalue weighted by Gasteiger charge is 2.23. The molecule has 10 nitrogen and oxygen atoms in total. The van der Waals surface area contributed by atoms with Gasteiger partial charge in [0, 0.05) is 23.7 Å². The van der Waals surface area contributed by atoms with E-state index in [1.807, 2.05) is 0 Å². The third-order valence-corrected chi connectivity index (χ3v) is 7.80. The summed E-state index contributed by atoms with van der Waals surface area (Å²) in [7, 11) is 1.38. The lowest BCUT2D eigenvalue weighted by Crippen LogP contribution is -2.42. The van der Waals surface area contributed by atoms with E-state index < -0.39 is 41.4 Å². The highest BCUT2D eigenvalue weighted by atomic mass is 19.1. The number of halogens is 2. The van der Waals surface area contributed by atoms with Crippen molar-refractivity contribution in [3.63, 3.8) is 0 Å². The summed E-state index contributed by atoms with van der Waals surface area (Å²) >= 11 is 0. The van der Waals surface area contributed by atoms with Crippen LogP contribution >= 0.6 is 0 Å². The molecule has 0 aliphatic rings.